The molecule has 1 aromatic heterocycles. The number of rotatable bonds is 3. The number of thiophene rings is 1. The topological polar surface area (TPSA) is 93.1 Å². The van der Waals surface area contributed by atoms with E-state index in [4.69, 9.17) is 14.6 Å². The van der Waals surface area contributed by atoms with Gasteiger partial charge in [-0.25, -0.2) is 19.3 Å². The molecular formula is C16H23NO6S. The summed E-state index contributed by atoms with van der Waals surface area (Å²) in [4.78, 5) is 37.0. The third-order valence-electron chi connectivity index (χ3n) is 2.44. The fourth-order valence-electron chi connectivity index (χ4n) is 1.57. The Labute approximate surface area is 145 Å². The third kappa shape index (κ3) is 6.57. The summed E-state index contributed by atoms with van der Waals surface area (Å²) in [5.74, 6) is -1.07. The van der Waals surface area contributed by atoms with Crippen LogP contribution >= 0.6 is 11.3 Å². The van der Waals surface area contributed by atoms with Crippen LogP contribution in [0.25, 0.3) is 0 Å². The van der Waals surface area contributed by atoms with Crippen LogP contribution in [0.3, 0.4) is 0 Å². The molecule has 1 rings (SSSR count). The van der Waals surface area contributed by atoms with Crippen molar-refractivity contribution in [2.24, 2.45) is 0 Å². The molecule has 0 aliphatic heterocycles. The Kier molecular flexibility index (Phi) is 5.99. The van der Waals surface area contributed by atoms with E-state index in [0.717, 1.165) is 16.2 Å². The zero-order chi connectivity index (χ0) is 18.7. The standard InChI is InChI=1S/C16H23NO6S/c1-15(2,3)22-13(20)17(14(21)23-16(4,5)6)8-11-7-10(9-24-11)12(18)19/h7,9H,8H2,1-6H3,(H,18,19). The number of hydrogen-bond donors (Lipinski definition) is 1. The normalized spacial score (nSPS) is 11.8. The number of carbonyl (C=O) groups excluding carboxylic acids is 2. The van der Waals surface area contributed by atoms with Crippen molar-refractivity contribution in [3.05, 3.63) is 21.9 Å². The molecule has 2 amide bonds. The van der Waals surface area contributed by atoms with E-state index in [2.05, 4.69) is 0 Å². The Hall–Kier alpha value is -2.09. The van der Waals surface area contributed by atoms with Crippen molar-refractivity contribution in [2.75, 3.05) is 0 Å². The van der Waals surface area contributed by atoms with E-state index in [1.54, 1.807) is 41.5 Å². The molecule has 24 heavy (non-hydrogen) atoms. The number of carboxylic acid groups (broad SMARTS) is 1. The fourth-order valence-corrected chi connectivity index (χ4v) is 2.42. The maximum Gasteiger partial charge on any atom is 0.420 e. The highest BCUT2D eigenvalue weighted by Gasteiger charge is 2.31. The lowest BCUT2D eigenvalue weighted by Crippen LogP contribution is -2.43. The van der Waals surface area contributed by atoms with Crippen molar-refractivity contribution in [1.82, 2.24) is 4.90 Å². The van der Waals surface area contributed by atoms with Gasteiger partial charge in [0, 0.05) is 10.3 Å². The second kappa shape index (κ2) is 7.21. The minimum atomic E-state index is -1.07. The summed E-state index contributed by atoms with van der Waals surface area (Å²) in [6, 6.07) is 1.41. The summed E-state index contributed by atoms with van der Waals surface area (Å²) in [7, 11) is 0. The van der Waals surface area contributed by atoms with Gasteiger partial charge in [-0.15, -0.1) is 11.3 Å². The van der Waals surface area contributed by atoms with Gasteiger partial charge in [-0.3, -0.25) is 0 Å². The fraction of sp³-hybridized carbons (Fsp3) is 0.562. The van der Waals surface area contributed by atoms with E-state index in [9.17, 15) is 14.4 Å². The van der Waals surface area contributed by atoms with Crippen molar-refractivity contribution < 1.29 is 29.0 Å². The molecule has 8 heteroatoms. The summed E-state index contributed by atoms with van der Waals surface area (Å²) in [6.45, 7) is 9.99. The first kappa shape index (κ1) is 20.0. The van der Waals surface area contributed by atoms with Gasteiger partial charge in [-0.05, 0) is 47.6 Å². The summed E-state index contributed by atoms with van der Waals surface area (Å²) < 4.78 is 10.5. The van der Waals surface area contributed by atoms with Crippen molar-refractivity contribution >= 4 is 29.5 Å². The molecule has 1 heterocycles. The largest absolute Gasteiger partial charge is 0.478 e. The molecule has 0 fully saturated rings. The van der Waals surface area contributed by atoms with Crippen LogP contribution in [-0.2, 0) is 16.0 Å². The van der Waals surface area contributed by atoms with Crippen molar-refractivity contribution in [3.8, 4) is 0 Å². The van der Waals surface area contributed by atoms with Crippen LogP contribution in [0.15, 0.2) is 11.4 Å². The van der Waals surface area contributed by atoms with E-state index in [-0.39, 0.29) is 12.1 Å². The van der Waals surface area contributed by atoms with E-state index in [1.807, 2.05) is 0 Å². The quantitative estimate of drug-likeness (QED) is 0.874. The zero-order valence-corrected chi connectivity index (χ0v) is 15.5. The number of hydrogen-bond acceptors (Lipinski definition) is 6. The number of amides is 2. The maximum atomic E-state index is 12.3. The molecule has 0 saturated carbocycles. The predicted molar refractivity (Wildman–Crippen MR) is 89.3 cm³/mol. The molecule has 0 saturated heterocycles. The molecule has 0 bridgehead atoms. The lowest BCUT2D eigenvalue weighted by molar-refractivity contribution is -0.0000661. The van der Waals surface area contributed by atoms with Gasteiger partial charge in [0.25, 0.3) is 0 Å². The maximum absolute atomic E-state index is 12.3. The van der Waals surface area contributed by atoms with Crippen molar-refractivity contribution in [2.45, 2.75) is 59.3 Å². The van der Waals surface area contributed by atoms with Crippen LogP contribution in [-0.4, -0.2) is 39.4 Å². The molecule has 134 valence electrons. The number of nitrogens with zero attached hydrogens (tertiary/aromatic N) is 1. The Morgan fingerprint density at radius 3 is 1.83 bits per heavy atom. The SMILES string of the molecule is CC(C)(C)OC(=O)N(Cc1cc(C(=O)O)cs1)C(=O)OC(C)(C)C. The van der Waals surface area contributed by atoms with Gasteiger partial charge in [0.1, 0.15) is 11.2 Å². The van der Waals surface area contributed by atoms with Crippen molar-refractivity contribution in [1.29, 1.82) is 0 Å². The lowest BCUT2D eigenvalue weighted by atomic mass is 10.2. The zero-order valence-electron chi connectivity index (χ0n) is 14.7. The Balaban J connectivity index is 3.01. The van der Waals surface area contributed by atoms with E-state index >= 15 is 0 Å². The van der Waals surface area contributed by atoms with E-state index < -0.39 is 29.4 Å². The molecule has 1 aromatic rings. The number of imide groups is 1. The van der Waals surface area contributed by atoms with Crippen LogP contribution in [0.2, 0.25) is 0 Å². The minimum Gasteiger partial charge on any atom is -0.478 e. The molecule has 0 unspecified atom stereocenters. The number of ether oxygens (including phenoxy) is 2. The summed E-state index contributed by atoms with van der Waals surface area (Å²) >= 11 is 1.14. The third-order valence-corrected chi connectivity index (χ3v) is 3.36. The van der Waals surface area contributed by atoms with E-state index in [0.29, 0.717) is 4.88 Å². The van der Waals surface area contributed by atoms with Gasteiger partial charge >= 0.3 is 18.2 Å². The van der Waals surface area contributed by atoms with E-state index in [1.165, 1.54) is 11.4 Å². The second-order valence-electron chi connectivity index (χ2n) is 7.15. The average molecular weight is 357 g/mol. The molecule has 0 spiro atoms. The van der Waals surface area contributed by atoms with Crippen LogP contribution in [0.1, 0.15) is 56.8 Å². The highest BCUT2D eigenvalue weighted by atomic mass is 32.1. The van der Waals surface area contributed by atoms with Gasteiger partial charge in [-0.1, -0.05) is 0 Å². The minimum absolute atomic E-state index is 0.100. The van der Waals surface area contributed by atoms with Crippen LogP contribution in [0.4, 0.5) is 9.59 Å². The average Bonchev–Trinajstić information content (AvgIpc) is 2.79. The summed E-state index contributed by atoms with van der Waals surface area (Å²) in [6.07, 6.45) is -1.69. The summed E-state index contributed by atoms with van der Waals surface area (Å²) in [5.41, 5.74) is -1.46. The molecule has 0 aliphatic rings. The van der Waals surface area contributed by atoms with Crippen LogP contribution in [0.5, 0.6) is 0 Å². The first-order valence-corrected chi connectivity index (χ1v) is 8.20. The van der Waals surface area contributed by atoms with Gasteiger partial charge in [0.15, 0.2) is 0 Å². The number of carbonyl (C=O) groups is 3. The molecule has 0 radical (unpaired) electrons. The molecular weight excluding hydrogens is 334 g/mol. The first-order valence-electron chi connectivity index (χ1n) is 7.33. The Morgan fingerprint density at radius 2 is 1.50 bits per heavy atom. The first-order chi connectivity index (χ1) is 10.8. The Morgan fingerprint density at radius 1 is 1.04 bits per heavy atom. The Bertz CT molecular complexity index is 595. The number of aromatic carboxylic acids is 1. The van der Waals surface area contributed by atoms with Crippen molar-refractivity contribution in [3.63, 3.8) is 0 Å². The van der Waals surface area contributed by atoms with Crippen LogP contribution in [0, 0.1) is 0 Å². The summed E-state index contributed by atoms with van der Waals surface area (Å²) in [5, 5.41) is 10.4. The smallest absolute Gasteiger partial charge is 0.420 e. The number of carboxylic acids is 1. The van der Waals surface area contributed by atoms with Gasteiger partial charge < -0.3 is 14.6 Å². The molecule has 0 atom stereocenters. The van der Waals surface area contributed by atoms with Gasteiger partial charge in [0.05, 0.1) is 12.1 Å². The molecule has 0 aromatic carbocycles. The van der Waals surface area contributed by atoms with Gasteiger partial charge in [0.2, 0.25) is 0 Å². The molecule has 0 aliphatic carbocycles. The van der Waals surface area contributed by atoms with Gasteiger partial charge in [-0.2, -0.15) is 0 Å². The lowest BCUT2D eigenvalue weighted by Gasteiger charge is -2.28. The monoisotopic (exact) mass is 357 g/mol. The van der Waals surface area contributed by atoms with Crippen LogP contribution < -0.4 is 0 Å². The second-order valence-corrected chi connectivity index (χ2v) is 8.15. The highest BCUT2D eigenvalue weighted by Crippen LogP contribution is 2.21. The predicted octanol–water partition coefficient (Wildman–Crippen LogP) is 4.12. The highest BCUT2D eigenvalue weighted by molar-refractivity contribution is 7.10. The molecule has 1 N–H and O–H groups in total. The molecule has 7 nitrogen and oxygen atoms in total.